The molecule has 1 aliphatic heterocycles. The Bertz CT molecular complexity index is 1030. The van der Waals surface area contributed by atoms with Gasteiger partial charge >= 0.3 is 0 Å². The van der Waals surface area contributed by atoms with Crippen LogP contribution >= 0.6 is 23.8 Å². The van der Waals surface area contributed by atoms with Crippen LogP contribution in [0.3, 0.4) is 0 Å². The smallest absolute Gasteiger partial charge is 0.203 e. The third-order valence-electron chi connectivity index (χ3n) is 5.24. The van der Waals surface area contributed by atoms with Crippen LogP contribution in [0, 0.1) is 18.6 Å². The largest absolute Gasteiger partial charge is 0.369 e. The minimum Gasteiger partial charge on any atom is -0.369 e. The standard InChI is InChI=1S/C21H24ClN5S/c1-16-6-7-17(2)20(12-16)26-14-23-27(21(26)28)15-24-8-10-25(11-9-24)19-5-3-4-18(22)13-19/h3-7,12-14H,8-11,15H2,1-2H3. The SMILES string of the molecule is Cc1ccc(C)c(-n2cnn(CN3CCN(c4cccc(Cl)c4)CC3)c2=S)c1. The Hall–Kier alpha value is -2.15. The van der Waals surface area contributed by atoms with E-state index >= 15 is 0 Å². The zero-order chi connectivity index (χ0) is 19.7. The van der Waals surface area contributed by atoms with Crippen molar-refractivity contribution in [3.8, 4) is 5.69 Å². The van der Waals surface area contributed by atoms with Crippen molar-refractivity contribution < 1.29 is 0 Å². The minimum absolute atomic E-state index is 0.708. The van der Waals surface area contributed by atoms with Crippen molar-refractivity contribution in [2.45, 2.75) is 20.5 Å². The van der Waals surface area contributed by atoms with Gasteiger partial charge in [-0.2, -0.15) is 5.10 Å². The lowest BCUT2D eigenvalue weighted by Gasteiger charge is -2.35. The summed E-state index contributed by atoms with van der Waals surface area (Å²) < 4.78 is 4.64. The van der Waals surface area contributed by atoms with Crippen LogP contribution in [0.25, 0.3) is 5.69 Å². The van der Waals surface area contributed by atoms with E-state index in [1.54, 1.807) is 0 Å². The van der Waals surface area contributed by atoms with Crippen LogP contribution in [-0.4, -0.2) is 45.4 Å². The molecular formula is C21H24ClN5S. The quantitative estimate of drug-likeness (QED) is 0.591. The van der Waals surface area contributed by atoms with E-state index in [2.05, 4.69) is 53.0 Å². The van der Waals surface area contributed by atoms with Gasteiger partial charge in [-0.1, -0.05) is 29.8 Å². The highest BCUT2D eigenvalue weighted by Gasteiger charge is 2.18. The second-order valence-corrected chi connectivity index (χ2v) is 8.10. The maximum absolute atomic E-state index is 6.13. The first-order chi connectivity index (χ1) is 13.5. The summed E-state index contributed by atoms with van der Waals surface area (Å²) in [6.45, 7) is 8.76. The Morgan fingerprint density at radius 2 is 1.82 bits per heavy atom. The Morgan fingerprint density at radius 1 is 1.04 bits per heavy atom. The van der Waals surface area contributed by atoms with Crippen LogP contribution in [0.5, 0.6) is 0 Å². The molecule has 1 fully saturated rings. The van der Waals surface area contributed by atoms with Crippen molar-refractivity contribution in [1.29, 1.82) is 0 Å². The third-order valence-corrected chi connectivity index (χ3v) is 5.88. The van der Waals surface area contributed by atoms with Gasteiger partial charge < -0.3 is 4.90 Å². The van der Waals surface area contributed by atoms with E-state index in [4.69, 9.17) is 23.8 Å². The summed E-state index contributed by atoms with van der Waals surface area (Å²) in [6, 6.07) is 14.5. The van der Waals surface area contributed by atoms with Gasteiger partial charge in [0, 0.05) is 36.9 Å². The average molecular weight is 414 g/mol. The van der Waals surface area contributed by atoms with Gasteiger partial charge in [0.1, 0.15) is 6.33 Å². The van der Waals surface area contributed by atoms with E-state index in [1.165, 1.54) is 16.8 Å². The van der Waals surface area contributed by atoms with Gasteiger partial charge in [0.05, 0.1) is 12.4 Å². The van der Waals surface area contributed by atoms with E-state index in [-0.39, 0.29) is 0 Å². The number of halogens is 1. The minimum atomic E-state index is 0.708. The number of piperazine rings is 1. The fourth-order valence-electron chi connectivity index (χ4n) is 3.59. The fourth-order valence-corrected chi connectivity index (χ4v) is 4.02. The van der Waals surface area contributed by atoms with E-state index in [0.717, 1.165) is 41.7 Å². The lowest BCUT2D eigenvalue weighted by Crippen LogP contribution is -2.47. The van der Waals surface area contributed by atoms with Crippen LogP contribution in [0.15, 0.2) is 48.8 Å². The van der Waals surface area contributed by atoms with Crippen LogP contribution in [0.1, 0.15) is 11.1 Å². The van der Waals surface area contributed by atoms with Crippen molar-refractivity contribution >= 4 is 29.5 Å². The first-order valence-electron chi connectivity index (χ1n) is 9.46. The zero-order valence-electron chi connectivity index (χ0n) is 16.2. The molecule has 0 unspecified atom stereocenters. The van der Waals surface area contributed by atoms with Crippen LogP contribution in [0.2, 0.25) is 5.02 Å². The van der Waals surface area contributed by atoms with E-state index in [0.29, 0.717) is 6.67 Å². The van der Waals surface area contributed by atoms with Crippen LogP contribution < -0.4 is 4.90 Å². The number of aryl methyl sites for hydroxylation is 2. The lowest BCUT2D eigenvalue weighted by molar-refractivity contribution is 0.194. The second-order valence-electron chi connectivity index (χ2n) is 7.30. The molecule has 28 heavy (non-hydrogen) atoms. The molecule has 5 nitrogen and oxygen atoms in total. The summed E-state index contributed by atoms with van der Waals surface area (Å²) in [4.78, 5) is 4.76. The number of hydrogen-bond donors (Lipinski definition) is 0. The molecule has 0 radical (unpaired) electrons. The second kappa shape index (κ2) is 8.07. The number of rotatable bonds is 4. The fraction of sp³-hybridized carbons (Fsp3) is 0.333. The molecule has 2 heterocycles. The third kappa shape index (κ3) is 3.99. The highest BCUT2D eigenvalue weighted by atomic mass is 35.5. The number of nitrogens with zero attached hydrogens (tertiary/aromatic N) is 5. The Labute approximate surface area is 175 Å². The van der Waals surface area contributed by atoms with E-state index < -0.39 is 0 Å². The number of benzene rings is 2. The first kappa shape index (κ1) is 19.2. The molecule has 1 aromatic heterocycles. The summed E-state index contributed by atoms with van der Waals surface area (Å²) in [5, 5.41) is 5.33. The molecule has 2 aromatic carbocycles. The zero-order valence-corrected chi connectivity index (χ0v) is 17.7. The highest BCUT2D eigenvalue weighted by Crippen LogP contribution is 2.21. The average Bonchev–Trinajstić information content (AvgIpc) is 3.04. The monoisotopic (exact) mass is 413 g/mol. The molecule has 0 amide bonds. The predicted molar refractivity (Wildman–Crippen MR) is 117 cm³/mol. The van der Waals surface area contributed by atoms with Crippen LogP contribution in [0.4, 0.5) is 5.69 Å². The molecule has 0 atom stereocenters. The summed E-state index contributed by atoms with van der Waals surface area (Å²) in [6.07, 6.45) is 1.83. The molecule has 0 spiro atoms. The van der Waals surface area contributed by atoms with Gasteiger partial charge in [-0.25, -0.2) is 4.68 Å². The molecule has 1 saturated heterocycles. The Kier molecular flexibility index (Phi) is 5.53. The number of anilines is 1. The number of aromatic nitrogens is 3. The van der Waals surface area contributed by atoms with E-state index in [1.807, 2.05) is 33.8 Å². The van der Waals surface area contributed by atoms with Crippen LogP contribution in [-0.2, 0) is 6.67 Å². The van der Waals surface area contributed by atoms with Gasteiger partial charge in [0.15, 0.2) is 0 Å². The first-order valence-corrected chi connectivity index (χ1v) is 10.2. The van der Waals surface area contributed by atoms with Crippen molar-refractivity contribution in [3.05, 3.63) is 69.7 Å². The molecular weight excluding hydrogens is 390 g/mol. The van der Waals surface area contributed by atoms with Gasteiger partial charge in [0.25, 0.3) is 0 Å². The lowest BCUT2D eigenvalue weighted by atomic mass is 10.1. The van der Waals surface area contributed by atoms with Gasteiger partial charge in [0.2, 0.25) is 4.77 Å². The van der Waals surface area contributed by atoms with E-state index in [9.17, 15) is 0 Å². The topological polar surface area (TPSA) is 29.2 Å². The molecule has 0 saturated carbocycles. The van der Waals surface area contributed by atoms with Crippen molar-refractivity contribution in [2.24, 2.45) is 0 Å². The van der Waals surface area contributed by atoms with Gasteiger partial charge in [-0.15, -0.1) is 0 Å². The summed E-state index contributed by atoms with van der Waals surface area (Å²) >= 11 is 11.8. The van der Waals surface area contributed by atoms with Crippen molar-refractivity contribution in [1.82, 2.24) is 19.2 Å². The highest BCUT2D eigenvalue weighted by molar-refractivity contribution is 7.71. The van der Waals surface area contributed by atoms with Gasteiger partial charge in [-0.3, -0.25) is 9.47 Å². The maximum atomic E-state index is 6.13. The molecule has 1 aliphatic rings. The molecule has 0 bridgehead atoms. The van der Waals surface area contributed by atoms with Gasteiger partial charge in [-0.05, 0) is 61.5 Å². The number of hydrogen-bond acceptors (Lipinski definition) is 4. The predicted octanol–water partition coefficient (Wildman–Crippen LogP) is 4.45. The molecule has 3 aromatic rings. The van der Waals surface area contributed by atoms with Crippen molar-refractivity contribution in [2.75, 3.05) is 31.1 Å². The van der Waals surface area contributed by atoms with Crippen molar-refractivity contribution in [3.63, 3.8) is 0 Å². The molecule has 146 valence electrons. The molecule has 4 rings (SSSR count). The Morgan fingerprint density at radius 3 is 2.57 bits per heavy atom. The Balaban J connectivity index is 1.44. The summed E-state index contributed by atoms with van der Waals surface area (Å²) in [7, 11) is 0. The molecule has 0 N–H and O–H groups in total. The summed E-state index contributed by atoms with van der Waals surface area (Å²) in [5.74, 6) is 0. The normalized spacial score (nSPS) is 15.2. The molecule has 7 heteroatoms. The molecule has 0 aliphatic carbocycles. The summed E-state index contributed by atoms with van der Waals surface area (Å²) in [5.41, 5.74) is 4.69. The maximum Gasteiger partial charge on any atom is 0.203 e.